The Morgan fingerprint density at radius 3 is 1.83 bits per heavy atom. The van der Waals surface area contributed by atoms with Gasteiger partial charge in [-0.25, -0.2) is 0 Å². The molecule has 0 saturated heterocycles. The Balaban J connectivity index is 0.000000678. The molecular weight excluding hydrogens is 534 g/mol. The van der Waals surface area contributed by atoms with Crippen LogP contribution in [0.5, 0.6) is 0 Å². The van der Waals surface area contributed by atoms with Crippen LogP contribution in [-0.4, -0.2) is 34.1 Å². The van der Waals surface area contributed by atoms with Gasteiger partial charge in [-0.2, -0.15) is 11.3 Å². The zero-order chi connectivity index (χ0) is 25.3. The average molecular weight is 577 g/mol. The molecule has 0 atom stereocenters. The standard InChI is InChI=1S/C26H38NSSi2.C5H5.Co/c1-29(2,3)25-13-12-24(26(25)30(4,5)6)15-18-27(17-14-23-16-19-28-21-23)20-22-10-8-7-9-11-22;1-2-4-5-3-1;/h7-13,16,19,21H,14-15,17-18,20H2,1-6H3;1-5H;. The van der Waals surface area contributed by atoms with Crippen molar-refractivity contribution >= 4 is 27.5 Å². The van der Waals surface area contributed by atoms with Gasteiger partial charge in [0.2, 0.25) is 0 Å². The van der Waals surface area contributed by atoms with E-state index in [9.17, 15) is 0 Å². The van der Waals surface area contributed by atoms with Crippen LogP contribution in [0.1, 0.15) is 17.5 Å². The summed E-state index contributed by atoms with van der Waals surface area (Å²) in [6, 6.07) is 13.2. The van der Waals surface area contributed by atoms with Crippen LogP contribution in [0, 0.1) is 61.9 Å². The van der Waals surface area contributed by atoms with Gasteiger partial charge in [0.05, 0.1) is 16.1 Å². The zero-order valence-corrected chi connectivity index (χ0v) is 26.7. The third-order valence-electron chi connectivity index (χ3n) is 6.40. The van der Waals surface area contributed by atoms with Crippen molar-refractivity contribution in [2.75, 3.05) is 13.1 Å². The molecule has 0 aliphatic heterocycles. The fourth-order valence-electron chi connectivity index (χ4n) is 4.68. The van der Waals surface area contributed by atoms with Gasteiger partial charge >= 0.3 is 0 Å². The first-order chi connectivity index (χ1) is 16.6. The maximum Gasteiger partial charge on any atom is 0.0520 e. The summed E-state index contributed by atoms with van der Waals surface area (Å²) in [5, 5.41) is 4.49. The number of rotatable bonds is 10. The van der Waals surface area contributed by atoms with Crippen molar-refractivity contribution in [1.82, 2.24) is 4.90 Å². The Morgan fingerprint density at radius 2 is 1.31 bits per heavy atom. The predicted molar refractivity (Wildman–Crippen MR) is 161 cm³/mol. The van der Waals surface area contributed by atoms with Crippen molar-refractivity contribution in [3.05, 3.63) is 120 Å². The fourth-order valence-corrected chi connectivity index (χ4v) is 11.2. The fraction of sp³-hybridized carbons (Fsp3) is 0.355. The maximum atomic E-state index is 2.65. The van der Waals surface area contributed by atoms with Crippen LogP contribution in [-0.2, 0) is 29.7 Å². The van der Waals surface area contributed by atoms with Crippen LogP contribution >= 0.6 is 11.3 Å². The van der Waals surface area contributed by atoms with Crippen LogP contribution < -0.4 is 0 Å². The molecule has 0 bridgehead atoms. The molecule has 11 radical (unpaired) electrons. The zero-order valence-electron chi connectivity index (χ0n) is 22.9. The summed E-state index contributed by atoms with van der Waals surface area (Å²) < 4.78 is 0. The summed E-state index contributed by atoms with van der Waals surface area (Å²) in [5.41, 5.74) is 6.36. The van der Waals surface area contributed by atoms with E-state index in [0.29, 0.717) is 0 Å². The van der Waals surface area contributed by atoms with E-state index in [-0.39, 0.29) is 16.8 Å². The Labute approximate surface area is 240 Å². The van der Waals surface area contributed by atoms with Crippen molar-refractivity contribution in [1.29, 1.82) is 0 Å². The van der Waals surface area contributed by atoms with E-state index in [1.165, 1.54) is 17.5 Å². The first-order valence-corrected chi connectivity index (χ1v) is 20.8. The molecule has 1 nitrogen and oxygen atoms in total. The summed E-state index contributed by atoms with van der Waals surface area (Å²) in [6.07, 6.45) is 17.2. The monoisotopic (exact) mass is 576 g/mol. The van der Waals surface area contributed by atoms with E-state index in [0.717, 1.165) is 26.1 Å². The molecule has 0 amide bonds. The molecule has 195 valence electrons. The molecule has 5 heteroatoms. The quantitative estimate of drug-likeness (QED) is 0.258. The van der Waals surface area contributed by atoms with Crippen LogP contribution in [0.15, 0.2) is 47.2 Å². The van der Waals surface area contributed by atoms with Crippen LogP contribution in [0.3, 0.4) is 0 Å². The van der Waals surface area contributed by atoms with E-state index in [1.54, 1.807) is 28.3 Å². The van der Waals surface area contributed by atoms with E-state index in [1.807, 2.05) is 32.1 Å². The van der Waals surface area contributed by atoms with E-state index >= 15 is 0 Å². The van der Waals surface area contributed by atoms with Crippen molar-refractivity contribution in [3.8, 4) is 0 Å². The Morgan fingerprint density at radius 1 is 0.694 bits per heavy atom. The molecule has 1 aromatic heterocycles. The number of thiophene rings is 1. The minimum absolute atomic E-state index is 0. The van der Waals surface area contributed by atoms with Gasteiger partial charge in [0, 0.05) is 29.9 Å². The predicted octanol–water partition coefficient (Wildman–Crippen LogP) is 8.10. The average Bonchev–Trinajstić information content (AvgIpc) is 3.58. The normalized spacial score (nSPS) is 17.8. The topological polar surface area (TPSA) is 3.24 Å². The minimum Gasteiger partial charge on any atom is -0.299 e. The van der Waals surface area contributed by atoms with Gasteiger partial charge in [0.15, 0.2) is 0 Å². The second kappa shape index (κ2) is 15.4. The second-order valence-electron chi connectivity index (χ2n) is 11.5. The number of nitrogens with zero attached hydrogens (tertiary/aromatic N) is 1. The number of hydrogen-bond donors (Lipinski definition) is 0. The molecule has 0 N–H and O–H groups in total. The molecule has 1 heterocycles. The SMILES string of the molecule is C[Si](C)(C)[C]1[CH][CH][C](CCN(CCc2ccsc2)Cc2ccccc2)[C]1[Si](C)(C)C.[CH]1[CH][CH][CH][CH]1.[Co]. The van der Waals surface area contributed by atoms with Gasteiger partial charge < -0.3 is 0 Å². The first kappa shape index (κ1) is 32.0. The summed E-state index contributed by atoms with van der Waals surface area (Å²) in [5.74, 6) is 1.63. The second-order valence-corrected chi connectivity index (χ2v) is 22.3. The molecule has 2 aromatic rings. The van der Waals surface area contributed by atoms with Gasteiger partial charge in [0.1, 0.15) is 0 Å². The van der Waals surface area contributed by atoms with Gasteiger partial charge in [0.25, 0.3) is 0 Å². The summed E-state index contributed by atoms with van der Waals surface area (Å²) in [4.78, 5) is 2.65. The Bertz CT molecular complexity index is 817. The summed E-state index contributed by atoms with van der Waals surface area (Å²) in [7, 11) is -2.68. The molecule has 1 aromatic carbocycles. The number of hydrogen-bond acceptors (Lipinski definition) is 2. The van der Waals surface area contributed by atoms with Crippen LogP contribution in [0.2, 0.25) is 39.3 Å². The smallest absolute Gasteiger partial charge is 0.0520 e. The summed E-state index contributed by atoms with van der Waals surface area (Å²) in [6.45, 7) is 18.3. The molecule has 2 aliphatic carbocycles. The van der Waals surface area contributed by atoms with Crippen LogP contribution in [0.25, 0.3) is 0 Å². The van der Waals surface area contributed by atoms with Crippen LogP contribution in [0.4, 0.5) is 0 Å². The largest absolute Gasteiger partial charge is 0.299 e. The van der Waals surface area contributed by atoms with E-state index in [4.69, 9.17) is 0 Å². The van der Waals surface area contributed by atoms with Crippen molar-refractivity contribution in [2.24, 2.45) is 0 Å². The molecule has 0 unspecified atom stereocenters. The van der Waals surface area contributed by atoms with E-state index < -0.39 is 16.1 Å². The van der Waals surface area contributed by atoms with E-state index in [2.05, 4.69) is 104 Å². The molecular formula is C31H43CoNSSi2. The minimum atomic E-state index is -1.37. The number of benzene rings is 1. The molecule has 2 fully saturated rings. The third kappa shape index (κ3) is 10.5. The summed E-state index contributed by atoms with van der Waals surface area (Å²) >= 11 is 1.81. The molecule has 2 saturated carbocycles. The van der Waals surface area contributed by atoms with Crippen molar-refractivity contribution in [3.63, 3.8) is 0 Å². The van der Waals surface area contributed by atoms with Gasteiger partial charge in [-0.3, -0.25) is 4.90 Å². The van der Waals surface area contributed by atoms with Gasteiger partial charge in [-0.1, -0.05) is 69.6 Å². The van der Waals surface area contributed by atoms with Gasteiger partial charge in [-0.15, -0.1) is 0 Å². The molecule has 4 rings (SSSR count). The first-order valence-electron chi connectivity index (χ1n) is 12.9. The van der Waals surface area contributed by atoms with Gasteiger partial charge in [-0.05, 0) is 109 Å². The third-order valence-corrected chi connectivity index (χ3v) is 11.5. The van der Waals surface area contributed by atoms with Crippen molar-refractivity contribution in [2.45, 2.75) is 58.7 Å². The maximum absolute atomic E-state index is 2.65. The molecule has 0 spiro atoms. The Kier molecular flexibility index (Phi) is 13.7. The molecule has 2 aliphatic rings. The Hall–Kier alpha value is -0.180. The van der Waals surface area contributed by atoms with Crippen molar-refractivity contribution < 1.29 is 16.8 Å². The molecule has 36 heavy (non-hydrogen) atoms.